The van der Waals surface area contributed by atoms with Gasteiger partial charge in [-0.05, 0) is 77.6 Å². The van der Waals surface area contributed by atoms with E-state index in [1.54, 1.807) is 0 Å². The lowest BCUT2D eigenvalue weighted by atomic mass is 9.96. The van der Waals surface area contributed by atoms with Crippen LogP contribution in [0.1, 0.15) is 35.2 Å². The summed E-state index contributed by atoms with van der Waals surface area (Å²) in [5.74, 6) is 6.19. The number of fused-ring (bicyclic) bond motifs is 1. The molecule has 2 aromatic carbocycles. The quantitative estimate of drug-likeness (QED) is 0.368. The molecule has 0 aromatic heterocycles. The van der Waals surface area contributed by atoms with Gasteiger partial charge in [0.2, 0.25) is 5.91 Å². The predicted octanol–water partition coefficient (Wildman–Crippen LogP) is 0.741. The normalized spacial score (nSPS) is 21.6. The summed E-state index contributed by atoms with van der Waals surface area (Å²) in [5, 5.41) is 9.69. The molecule has 1 saturated heterocycles. The largest absolute Gasteiger partial charge is 0.379 e. The van der Waals surface area contributed by atoms with E-state index in [0.29, 0.717) is 18.8 Å². The van der Waals surface area contributed by atoms with Crippen LogP contribution in [0, 0.1) is 12.8 Å². The van der Waals surface area contributed by atoms with Crippen molar-refractivity contribution in [1.29, 1.82) is 0 Å². The molecule has 2 amide bonds. The summed E-state index contributed by atoms with van der Waals surface area (Å²) >= 11 is 0. The molecule has 1 aliphatic carbocycles. The summed E-state index contributed by atoms with van der Waals surface area (Å²) in [6, 6.07) is 11.8. The number of hydrazine groups is 1. The third-order valence-corrected chi connectivity index (χ3v) is 6.43. The fourth-order valence-electron chi connectivity index (χ4n) is 4.25. The van der Waals surface area contributed by atoms with Crippen LogP contribution in [0.15, 0.2) is 36.4 Å². The van der Waals surface area contributed by atoms with Crippen molar-refractivity contribution in [2.45, 2.75) is 38.4 Å². The van der Waals surface area contributed by atoms with E-state index in [2.05, 4.69) is 28.8 Å². The maximum absolute atomic E-state index is 12.9. The first kappa shape index (κ1) is 20.7. The van der Waals surface area contributed by atoms with Crippen LogP contribution < -0.4 is 26.9 Å². The van der Waals surface area contributed by atoms with Crippen molar-refractivity contribution in [2.24, 2.45) is 11.8 Å². The minimum absolute atomic E-state index is 0.0828. The zero-order valence-corrected chi connectivity index (χ0v) is 18.1. The van der Waals surface area contributed by atoms with E-state index in [9.17, 15) is 9.59 Å². The molecule has 2 heterocycles. The van der Waals surface area contributed by atoms with Gasteiger partial charge in [-0.25, -0.2) is 5.84 Å². The number of carbonyl (C=O) groups is 2. The highest BCUT2D eigenvalue weighted by atomic mass is 16.5. The minimum Gasteiger partial charge on any atom is -0.379 e. The first-order chi connectivity index (χ1) is 15.5. The molecule has 1 saturated carbocycles. The monoisotopic (exact) mass is 432 g/mol. The van der Waals surface area contributed by atoms with E-state index in [-0.39, 0.29) is 29.9 Å². The fourth-order valence-corrected chi connectivity index (χ4v) is 4.25. The van der Waals surface area contributed by atoms with E-state index in [0.717, 1.165) is 46.4 Å². The average Bonchev–Trinajstić information content (AvgIpc) is 3.52. The molecule has 3 aliphatic rings. The number of aryl methyl sites for hydroxylation is 1. The number of rotatable bonds is 5. The molecule has 5 rings (SSSR count). The molecule has 166 valence electrons. The molecule has 2 aliphatic heterocycles. The van der Waals surface area contributed by atoms with Crippen LogP contribution in [0.25, 0.3) is 23.4 Å². The smallest absolute Gasteiger partial charge is 0.268 e. The summed E-state index contributed by atoms with van der Waals surface area (Å²) in [7, 11) is 0. The molecule has 4 N–H and O–H groups in total. The minimum atomic E-state index is -0.199. The van der Waals surface area contributed by atoms with Crippen LogP contribution in [0.4, 0.5) is 0 Å². The average molecular weight is 433 g/mol. The Bertz CT molecular complexity index is 1180. The van der Waals surface area contributed by atoms with Crippen molar-refractivity contribution in [3.63, 3.8) is 0 Å². The molecule has 2 unspecified atom stereocenters. The Hall–Kier alpha value is -3.16. The number of nitrogens with one attached hydrogen (secondary N) is 2. The molecule has 2 aromatic rings. The molecule has 32 heavy (non-hydrogen) atoms. The third-order valence-electron chi connectivity index (χ3n) is 6.43. The van der Waals surface area contributed by atoms with E-state index < -0.39 is 0 Å². The van der Waals surface area contributed by atoms with Gasteiger partial charge in [0.25, 0.3) is 5.91 Å². The second-order valence-electron chi connectivity index (χ2n) is 8.84. The summed E-state index contributed by atoms with van der Waals surface area (Å²) < 4.78 is 5.36. The molecule has 7 heteroatoms. The Morgan fingerprint density at radius 2 is 1.97 bits per heavy atom. The lowest BCUT2D eigenvalue weighted by Crippen LogP contribution is -2.48. The topological polar surface area (TPSA) is 96.7 Å². The molecular formula is C25H28N4O3. The van der Waals surface area contributed by atoms with Gasteiger partial charge in [0, 0.05) is 24.3 Å². The fraction of sp³-hybridized carbons (Fsp3) is 0.360. The molecule has 2 atom stereocenters. The third kappa shape index (κ3) is 4.13. The molecule has 0 radical (unpaired) electrons. The molecular weight excluding hydrogens is 404 g/mol. The number of ether oxygens (including phenoxy) is 1. The Labute approximate surface area is 186 Å². The Morgan fingerprint density at radius 1 is 1.12 bits per heavy atom. The van der Waals surface area contributed by atoms with Crippen LogP contribution in [0.2, 0.25) is 0 Å². The summed E-state index contributed by atoms with van der Waals surface area (Å²) in [5.41, 5.74) is 3.66. The van der Waals surface area contributed by atoms with E-state index in [1.807, 2.05) is 37.4 Å². The molecule has 0 bridgehead atoms. The number of carbonyl (C=O) groups excluding carboxylic acids is 2. The number of nitrogens with zero attached hydrogens (tertiary/aromatic N) is 1. The van der Waals surface area contributed by atoms with Gasteiger partial charge in [-0.2, -0.15) is 0 Å². The highest BCUT2D eigenvalue weighted by molar-refractivity contribution is 5.95. The van der Waals surface area contributed by atoms with Gasteiger partial charge in [-0.15, -0.1) is 0 Å². The maximum Gasteiger partial charge on any atom is 0.268 e. The second kappa shape index (κ2) is 8.41. The Kier molecular flexibility index (Phi) is 5.45. The van der Waals surface area contributed by atoms with E-state index in [4.69, 9.17) is 10.6 Å². The van der Waals surface area contributed by atoms with Crippen molar-refractivity contribution in [1.82, 2.24) is 15.6 Å². The highest BCUT2D eigenvalue weighted by Crippen LogP contribution is 2.29. The van der Waals surface area contributed by atoms with Crippen LogP contribution >= 0.6 is 0 Å². The van der Waals surface area contributed by atoms with Crippen LogP contribution in [-0.4, -0.2) is 42.2 Å². The van der Waals surface area contributed by atoms with Gasteiger partial charge < -0.3 is 15.4 Å². The van der Waals surface area contributed by atoms with E-state index >= 15 is 0 Å². The van der Waals surface area contributed by atoms with Gasteiger partial charge >= 0.3 is 0 Å². The first-order valence-corrected chi connectivity index (χ1v) is 11.2. The Morgan fingerprint density at radius 3 is 2.72 bits per heavy atom. The van der Waals surface area contributed by atoms with Gasteiger partial charge in [-0.3, -0.25) is 14.6 Å². The zero-order chi connectivity index (χ0) is 22.2. The molecule has 7 nitrogen and oxygen atoms in total. The summed E-state index contributed by atoms with van der Waals surface area (Å²) in [6.07, 6.45) is 6.50. The van der Waals surface area contributed by atoms with Crippen LogP contribution in [0.5, 0.6) is 0 Å². The predicted molar refractivity (Wildman–Crippen MR) is 122 cm³/mol. The lowest BCUT2D eigenvalue weighted by Gasteiger charge is -2.23. The Balaban J connectivity index is 1.40. The zero-order valence-electron chi connectivity index (χ0n) is 18.1. The SMILES string of the molecule is Cc1ccc(C(=O)N(N)C2CCOC2)cc1-c1ccc2c(c1)=CNC(NC(=O)C1CC1)C=2. The number of hydrogen-bond acceptors (Lipinski definition) is 5. The lowest BCUT2D eigenvalue weighted by molar-refractivity contribution is -0.122. The highest BCUT2D eigenvalue weighted by Gasteiger charge is 2.30. The first-order valence-electron chi connectivity index (χ1n) is 11.2. The van der Waals surface area contributed by atoms with Gasteiger partial charge in [-0.1, -0.05) is 18.2 Å². The van der Waals surface area contributed by atoms with Crippen molar-refractivity contribution in [3.8, 4) is 11.1 Å². The number of hydrogen-bond donors (Lipinski definition) is 3. The van der Waals surface area contributed by atoms with Gasteiger partial charge in [0.1, 0.15) is 6.17 Å². The molecule has 0 spiro atoms. The number of amides is 2. The number of nitrogens with two attached hydrogens (primary N) is 1. The van der Waals surface area contributed by atoms with E-state index in [1.165, 1.54) is 5.01 Å². The van der Waals surface area contributed by atoms with Gasteiger partial charge in [0.05, 0.1) is 12.6 Å². The summed E-state index contributed by atoms with van der Waals surface area (Å²) in [4.78, 5) is 25.0. The van der Waals surface area contributed by atoms with Crippen molar-refractivity contribution < 1.29 is 14.3 Å². The van der Waals surface area contributed by atoms with Crippen molar-refractivity contribution in [3.05, 3.63) is 58.0 Å². The molecule has 2 fully saturated rings. The van der Waals surface area contributed by atoms with Crippen molar-refractivity contribution >= 4 is 24.1 Å². The maximum atomic E-state index is 12.9. The van der Waals surface area contributed by atoms with Crippen LogP contribution in [0.3, 0.4) is 0 Å². The van der Waals surface area contributed by atoms with Crippen molar-refractivity contribution in [2.75, 3.05) is 13.2 Å². The summed E-state index contributed by atoms with van der Waals surface area (Å²) in [6.45, 7) is 3.14. The second-order valence-corrected chi connectivity index (χ2v) is 8.84. The van der Waals surface area contributed by atoms with Gasteiger partial charge in [0.15, 0.2) is 0 Å². The standard InChI is InChI=1S/C25H28N4O3/c1-15-2-3-19(25(31)29(26)21-8-9-32-14-21)11-22(15)18-7-6-17-12-23(27-13-20(17)10-18)28-24(30)16-4-5-16/h2-3,6-7,10-13,16,21,23,27H,4-5,8-9,14,26H2,1H3,(H,28,30). The van der Waals surface area contributed by atoms with Crippen LogP contribution in [-0.2, 0) is 9.53 Å². The number of benzene rings is 2.